The number of methoxy groups -OCH3 is 1. The van der Waals surface area contributed by atoms with Crippen LogP contribution in [-0.4, -0.2) is 25.1 Å². The Balaban J connectivity index is 1.84. The van der Waals surface area contributed by atoms with Crippen molar-refractivity contribution in [1.29, 1.82) is 5.26 Å². The van der Waals surface area contributed by atoms with Crippen molar-refractivity contribution in [3.63, 3.8) is 0 Å². The number of hydrogen-bond acceptors (Lipinski definition) is 5. The van der Waals surface area contributed by atoms with E-state index in [2.05, 4.69) is 5.32 Å². The Kier molecular flexibility index (Phi) is 7.15. The predicted octanol–water partition coefficient (Wildman–Crippen LogP) is 2.83. The third-order valence-corrected chi connectivity index (χ3v) is 3.76. The van der Waals surface area contributed by atoms with E-state index in [1.165, 1.54) is 13.0 Å². The zero-order valence-electron chi connectivity index (χ0n) is 15.1. The molecule has 0 heterocycles. The molecule has 6 heteroatoms. The van der Waals surface area contributed by atoms with E-state index in [1.54, 1.807) is 43.5 Å². The molecule has 0 aromatic heterocycles. The molecule has 2 aromatic rings. The maximum Gasteiger partial charge on any atom is 0.331 e. The Morgan fingerprint density at radius 3 is 2.56 bits per heavy atom. The van der Waals surface area contributed by atoms with Crippen LogP contribution >= 0.6 is 0 Å². The highest BCUT2D eigenvalue weighted by Gasteiger charge is 2.16. The van der Waals surface area contributed by atoms with E-state index in [0.29, 0.717) is 11.3 Å². The van der Waals surface area contributed by atoms with Crippen molar-refractivity contribution in [2.24, 2.45) is 0 Å². The van der Waals surface area contributed by atoms with Gasteiger partial charge in [-0.2, -0.15) is 5.26 Å². The highest BCUT2D eigenvalue weighted by molar-refractivity contribution is 5.90. The van der Waals surface area contributed by atoms with Gasteiger partial charge in [0.05, 0.1) is 18.7 Å². The van der Waals surface area contributed by atoms with Crippen LogP contribution in [-0.2, 0) is 20.9 Å². The molecular weight excluding hydrogens is 344 g/mol. The van der Waals surface area contributed by atoms with Crippen molar-refractivity contribution in [3.05, 3.63) is 71.3 Å². The molecule has 0 spiro atoms. The maximum atomic E-state index is 12.1. The summed E-state index contributed by atoms with van der Waals surface area (Å²) in [5.41, 5.74) is 2.11. The van der Waals surface area contributed by atoms with Crippen molar-refractivity contribution in [2.75, 3.05) is 7.11 Å². The van der Waals surface area contributed by atoms with Crippen LogP contribution in [0.2, 0.25) is 0 Å². The number of carbonyl (C=O) groups is 2. The van der Waals surface area contributed by atoms with Crippen LogP contribution in [0, 0.1) is 11.3 Å². The van der Waals surface area contributed by atoms with Gasteiger partial charge in [0.2, 0.25) is 0 Å². The van der Waals surface area contributed by atoms with Gasteiger partial charge in [-0.15, -0.1) is 0 Å². The van der Waals surface area contributed by atoms with Crippen LogP contribution in [0.4, 0.5) is 0 Å². The number of rotatable bonds is 7. The number of carbonyl (C=O) groups excluding carboxylic acids is 2. The van der Waals surface area contributed by atoms with E-state index in [0.717, 1.165) is 11.1 Å². The summed E-state index contributed by atoms with van der Waals surface area (Å²) in [4.78, 5) is 24.0. The molecule has 1 atom stereocenters. The molecule has 0 unspecified atom stereocenters. The van der Waals surface area contributed by atoms with Gasteiger partial charge in [0, 0.05) is 18.2 Å². The molecule has 1 N–H and O–H groups in total. The first kappa shape index (κ1) is 19.7. The fourth-order valence-electron chi connectivity index (χ4n) is 2.28. The van der Waals surface area contributed by atoms with E-state index in [4.69, 9.17) is 14.7 Å². The summed E-state index contributed by atoms with van der Waals surface area (Å²) in [5.74, 6) is -0.354. The second-order valence-electron chi connectivity index (χ2n) is 5.68. The van der Waals surface area contributed by atoms with E-state index in [9.17, 15) is 9.59 Å². The SMILES string of the molecule is COc1ccccc1CNC(=O)[C@H](C)OC(=O)/C=C/c1ccc(C#N)cc1. The van der Waals surface area contributed by atoms with E-state index >= 15 is 0 Å². The average Bonchev–Trinajstić information content (AvgIpc) is 2.70. The van der Waals surface area contributed by atoms with Crippen LogP contribution in [0.3, 0.4) is 0 Å². The molecule has 1 amide bonds. The molecule has 6 nitrogen and oxygen atoms in total. The van der Waals surface area contributed by atoms with E-state index in [-0.39, 0.29) is 6.54 Å². The van der Waals surface area contributed by atoms with Crippen LogP contribution in [0.15, 0.2) is 54.6 Å². The van der Waals surface area contributed by atoms with Gasteiger partial charge in [-0.3, -0.25) is 4.79 Å². The van der Waals surface area contributed by atoms with Crippen molar-refractivity contribution in [1.82, 2.24) is 5.32 Å². The van der Waals surface area contributed by atoms with Gasteiger partial charge in [0.25, 0.3) is 5.91 Å². The Morgan fingerprint density at radius 1 is 1.19 bits per heavy atom. The molecule has 0 aliphatic rings. The molecular formula is C21H20N2O4. The van der Waals surface area contributed by atoms with Gasteiger partial charge in [0.15, 0.2) is 6.10 Å². The Hall–Kier alpha value is -3.59. The third-order valence-electron chi connectivity index (χ3n) is 3.76. The number of nitrogens with zero attached hydrogens (tertiary/aromatic N) is 1. The molecule has 0 aliphatic carbocycles. The second kappa shape index (κ2) is 9.78. The minimum absolute atomic E-state index is 0.270. The number of benzene rings is 2. The van der Waals surface area contributed by atoms with E-state index < -0.39 is 18.0 Å². The van der Waals surface area contributed by atoms with Crippen LogP contribution in [0.1, 0.15) is 23.6 Å². The normalized spacial score (nSPS) is 11.4. The summed E-state index contributed by atoms with van der Waals surface area (Å²) in [5, 5.41) is 11.5. The molecule has 2 aromatic carbocycles. The summed E-state index contributed by atoms with van der Waals surface area (Å²) in [6.45, 7) is 1.77. The van der Waals surface area contributed by atoms with Crippen molar-refractivity contribution >= 4 is 18.0 Å². The second-order valence-corrected chi connectivity index (χ2v) is 5.68. The quantitative estimate of drug-likeness (QED) is 0.603. The standard InChI is InChI=1S/C21H20N2O4/c1-15(21(25)23-14-18-5-3-4-6-19(18)26-2)27-20(24)12-11-16-7-9-17(13-22)10-8-16/h3-12,15H,14H2,1-2H3,(H,23,25)/b12-11+/t15-/m0/s1. The number of nitriles is 1. The number of para-hydroxylation sites is 1. The highest BCUT2D eigenvalue weighted by atomic mass is 16.5. The Bertz CT molecular complexity index is 866. The minimum Gasteiger partial charge on any atom is -0.496 e. The first-order chi connectivity index (χ1) is 13.0. The fourth-order valence-corrected chi connectivity index (χ4v) is 2.28. The summed E-state index contributed by atoms with van der Waals surface area (Å²) in [7, 11) is 1.56. The minimum atomic E-state index is -0.933. The topological polar surface area (TPSA) is 88.4 Å². The summed E-state index contributed by atoms with van der Waals surface area (Å²) in [6, 6.07) is 16.1. The summed E-state index contributed by atoms with van der Waals surface area (Å²) >= 11 is 0. The number of nitrogens with one attached hydrogen (secondary N) is 1. The summed E-state index contributed by atoms with van der Waals surface area (Å²) in [6.07, 6.45) is 1.87. The lowest BCUT2D eigenvalue weighted by molar-refractivity contribution is -0.150. The summed E-state index contributed by atoms with van der Waals surface area (Å²) < 4.78 is 10.3. The largest absolute Gasteiger partial charge is 0.496 e. The van der Waals surface area contributed by atoms with Gasteiger partial charge in [-0.05, 0) is 36.8 Å². The van der Waals surface area contributed by atoms with Gasteiger partial charge < -0.3 is 14.8 Å². The average molecular weight is 364 g/mol. The van der Waals surface area contributed by atoms with Crippen molar-refractivity contribution in [2.45, 2.75) is 19.6 Å². The van der Waals surface area contributed by atoms with Crippen LogP contribution in [0.25, 0.3) is 6.08 Å². The molecule has 0 saturated heterocycles. The van der Waals surface area contributed by atoms with Gasteiger partial charge in [-0.1, -0.05) is 30.3 Å². The van der Waals surface area contributed by atoms with Gasteiger partial charge in [-0.25, -0.2) is 4.79 Å². The first-order valence-corrected chi connectivity index (χ1v) is 8.32. The lowest BCUT2D eigenvalue weighted by atomic mass is 10.1. The monoisotopic (exact) mass is 364 g/mol. The molecule has 0 aliphatic heterocycles. The van der Waals surface area contributed by atoms with E-state index in [1.807, 2.05) is 24.3 Å². The number of hydrogen-bond donors (Lipinski definition) is 1. The van der Waals surface area contributed by atoms with Crippen LogP contribution in [0.5, 0.6) is 5.75 Å². The van der Waals surface area contributed by atoms with Crippen LogP contribution < -0.4 is 10.1 Å². The molecule has 0 fully saturated rings. The Morgan fingerprint density at radius 2 is 1.89 bits per heavy atom. The van der Waals surface area contributed by atoms with Gasteiger partial charge >= 0.3 is 5.97 Å². The highest BCUT2D eigenvalue weighted by Crippen LogP contribution is 2.16. The molecule has 0 radical (unpaired) electrons. The smallest absolute Gasteiger partial charge is 0.331 e. The Labute approximate surface area is 158 Å². The lowest BCUT2D eigenvalue weighted by Gasteiger charge is -2.13. The molecule has 2 rings (SSSR count). The predicted molar refractivity (Wildman–Crippen MR) is 101 cm³/mol. The molecule has 138 valence electrons. The number of esters is 1. The van der Waals surface area contributed by atoms with Crippen molar-refractivity contribution in [3.8, 4) is 11.8 Å². The molecule has 27 heavy (non-hydrogen) atoms. The third kappa shape index (κ3) is 6.01. The zero-order valence-corrected chi connectivity index (χ0v) is 15.1. The number of amides is 1. The maximum absolute atomic E-state index is 12.1. The lowest BCUT2D eigenvalue weighted by Crippen LogP contribution is -2.35. The van der Waals surface area contributed by atoms with Gasteiger partial charge in [0.1, 0.15) is 5.75 Å². The zero-order chi connectivity index (χ0) is 19.6. The first-order valence-electron chi connectivity index (χ1n) is 8.32. The molecule has 0 saturated carbocycles. The fraction of sp³-hybridized carbons (Fsp3) is 0.190. The van der Waals surface area contributed by atoms with Crippen molar-refractivity contribution < 1.29 is 19.1 Å². The molecule has 0 bridgehead atoms. The number of ether oxygens (including phenoxy) is 2.